The molecule has 0 amide bonds. The number of aromatic nitrogens is 4. The molecule has 3 aromatic rings. The van der Waals surface area contributed by atoms with Crippen LogP contribution in [0.25, 0.3) is 22.6 Å². The predicted molar refractivity (Wildman–Crippen MR) is 128 cm³/mol. The van der Waals surface area contributed by atoms with Gasteiger partial charge in [0.15, 0.2) is 22.8 Å². The summed E-state index contributed by atoms with van der Waals surface area (Å²) < 4.78 is 1.97. The molecule has 0 aliphatic carbocycles. The summed E-state index contributed by atoms with van der Waals surface area (Å²) in [4.78, 5) is 16.8. The number of piperidine rings is 1. The summed E-state index contributed by atoms with van der Waals surface area (Å²) in [7, 11) is 1.99. The maximum atomic E-state index is 10.3. The van der Waals surface area contributed by atoms with Crippen LogP contribution in [0.5, 0.6) is 0 Å². The molecular formula is C24H31N7O2. The van der Waals surface area contributed by atoms with E-state index in [-0.39, 0.29) is 6.10 Å². The monoisotopic (exact) mass is 449 g/mol. The van der Waals surface area contributed by atoms with Crippen LogP contribution >= 0.6 is 0 Å². The van der Waals surface area contributed by atoms with Gasteiger partial charge in [-0.25, -0.2) is 15.0 Å². The van der Waals surface area contributed by atoms with Gasteiger partial charge in [0, 0.05) is 45.2 Å². The molecular weight excluding hydrogens is 418 g/mol. The summed E-state index contributed by atoms with van der Waals surface area (Å²) in [6, 6.07) is 8.23. The van der Waals surface area contributed by atoms with Crippen LogP contribution in [0.4, 0.5) is 5.82 Å². The Hall–Kier alpha value is -3.04. The van der Waals surface area contributed by atoms with Crippen LogP contribution in [0.1, 0.15) is 50.6 Å². The normalized spacial score (nSPS) is 18.3. The molecule has 9 heteroatoms. The Morgan fingerprint density at radius 1 is 1.09 bits per heavy atom. The number of rotatable bonds is 5. The first kappa shape index (κ1) is 21.8. The number of hydrogen-bond acceptors (Lipinski definition) is 8. The zero-order valence-corrected chi connectivity index (χ0v) is 19.4. The average Bonchev–Trinajstić information content (AvgIpc) is 3.42. The van der Waals surface area contributed by atoms with Crippen LogP contribution < -0.4 is 4.90 Å². The van der Waals surface area contributed by atoms with Gasteiger partial charge in [-0.1, -0.05) is 18.2 Å². The van der Waals surface area contributed by atoms with Crippen LogP contribution in [-0.4, -0.2) is 73.2 Å². The topological polar surface area (TPSA) is 103 Å². The SMILES string of the molecule is CCn1c(C(C)O)nc2c(N3CCC(O)CC3)nc(-c3cccc(C4=NN(C)CC4)c3)nc21. The summed E-state index contributed by atoms with van der Waals surface area (Å²) >= 11 is 0. The largest absolute Gasteiger partial charge is 0.393 e. The van der Waals surface area contributed by atoms with Crippen molar-refractivity contribution in [1.29, 1.82) is 0 Å². The Morgan fingerprint density at radius 2 is 1.85 bits per heavy atom. The molecule has 1 aromatic carbocycles. The molecule has 0 radical (unpaired) electrons. The number of benzene rings is 1. The molecule has 1 fully saturated rings. The molecule has 1 unspecified atom stereocenters. The molecule has 2 aliphatic rings. The highest BCUT2D eigenvalue weighted by atomic mass is 16.3. The quantitative estimate of drug-likeness (QED) is 0.617. The van der Waals surface area contributed by atoms with Gasteiger partial charge in [0.2, 0.25) is 0 Å². The molecule has 1 atom stereocenters. The lowest BCUT2D eigenvalue weighted by atomic mass is 10.0. The number of hydrazone groups is 1. The van der Waals surface area contributed by atoms with E-state index in [1.54, 1.807) is 6.92 Å². The molecule has 174 valence electrons. The van der Waals surface area contributed by atoms with E-state index in [2.05, 4.69) is 22.1 Å². The van der Waals surface area contributed by atoms with E-state index in [1.807, 2.05) is 35.7 Å². The average molecular weight is 450 g/mol. The summed E-state index contributed by atoms with van der Waals surface area (Å²) in [5.41, 5.74) is 4.50. The van der Waals surface area contributed by atoms with Gasteiger partial charge in [0.05, 0.1) is 11.8 Å². The van der Waals surface area contributed by atoms with Crippen LogP contribution in [-0.2, 0) is 6.54 Å². The van der Waals surface area contributed by atoms with Crippen molar-refractivity contribution in [2.75, 3.05) is 31.6 Å². The Labute approximate surface area is 193 Å². The highest BCUT2D eigenvalue weighted by Crippen LogP contribution is 2.31. The number of fused-ring (bicyclic) bond motifs is 1. The van der Waals surface area contributed by atoms with Gasteiger partial charge in [-0.2, -0.15) is 5.10 Å². The van der Waals surface area contributed by atoms with Crippen molar-refractivity contribution >= 4 is 22.7 Å². The van der Waals surface area contributed by atoms with E-state index >= 15 is 0 Å². The number of aryl methyl sites for hydroxylation is 1. The lowest BCUT2D eigenvalue weighted by Crippen LogP contribution is -2.36. The fraction of sp³-hybridized carbons (Fsp3) is 0.500. The van der Waals surface area contributed by atoms with Gasteiger partial charge in [0.1, 0.15) is 11.9 Å². The summed E-state index contributed by atoms with van der Waals surface area (Å²) in [5.74, 6) is 1.98. The predicted octanol–water partition coefficient (Wildman–Crippen LogP) is 2.57. The molecule has 0 saturated carbocycles. The summed E-state index contributed by atoms with van der Waals surface area (Å²) in [6.07, 6.45) is 1.32. The summed E-state index contributed by atoms with van der Waals surface area (Å²) in [5, 5.41) is 26.9. The second-order valence-electron chi connectivity index (χ2n) is 8.91. The molecule has 9 nitrogen and oxygen atoms in total. The van der Waals surface area contributed by atoms with E-state index < -0.39 is 6.10 Å². The Kier molecular flexibility index (Phi) is 5.76. The first-order valence-electron chi connectivity index (χ1n) is 11.7. The molecule has 2 aromatic heterocycles. The molecule has 4 heterocycles. The standard InChI is InChI=1S/C24H31N7O2/c1-4-31-22(15(2)32)25-20-23(30-12-8-18(33)9-13-30)26-21(27-24(20)31)17-7-5-6-16(14-17)19-10-11-29(3)28-19/h5-7,14-15,18,32-33H,4,8-13H2,1-3H3. The molecule has 0 bridgehead atoms. The third-order valence-corrected chi connectivity index (χ3v) is 6.48. The molecule has 33 heavy (non-hydrogen) atoms. The van der Waals surface area contributed by atoms with Gasteiger partial charge >= 0.3 is 0 Å². The van der Waals surface area contributed by atoms with E-state index in [0.717, 1.165) is 41.3 Å². The van der Waals surface area contributed by atoms with Crippen molar-refractivity contribution in [3.8, 4) is 11.4 Å². The van der Waals surface area contributed by atoms with Crippen LogP contribution in [0, 0.1) is 0 Å². The number of hydrogen-bond donors (Lipinski definition) is 2. The van der Waals surface area contributed by atoms with Gasteiger partial charge in [-0.3, -0.25) is 5.01 Å². The van der Waals surface area contributed by atoms with Crippen molar-refractivity contribution < 1.29 is 10.2 Å². The van der Waals surface area contributed by atoms with Gasteiger partial charge in [0.25, 0.3) is 0 Å². The van der Waals surface area contributed by atoms with Crippen molar-refractivity contribution in [3.63, 3.8) is 0 Å². The summed E-state index contributed by atoms with van der Waals surface area (Å²) in [6.45, 7) is 6.74. The lowest BCUT2D eigenvalue weighted by molar-refractivity contribution is 0.145. The van der Waals surface area contributed by atoms with Crippen molar-refractivity contribution in [1.82, 2.24) is 24.5 Å². The second-order valence-corrected chi connectivity index (χ2v) is 8.91. The van der Waals surface area contributed by atoms with Crippen LogP contribution in [0.3, 0.4) is 0 Å². The minimum atomic E-state index is -0.709. The first-order chi connectivity index (χ1) is 15.9. The number of anilines is 1. The Morgan fingerprint density at radius 3 is 2.52 bits per heavy atom. The Bertz CT molecular complexity index is 1190. The van der Waals surface area contributed by atoms with Crippen molar-refractivity contribution in [3.05, 3.63) is 35.7 Å². The highest BCUT2D eigenvalue weighted by molar-refractivity contribution is 6.02. The minimum absolute atomic E-state index is 0.277. The van der Waals surface area contributed by atoms with Gasteiger partial charge in [-0.05, 0) is 38.3 Å². The van der Waals surface area contributed by atoms with Crippen LogP contribution in [0.2, 0.25) is 0 Å². The zero-order chi connectivity index (χ0) is 23.1. The lowest BCUT2D eigenvalue weighted by Gasteiger charge is -2.30. The third-order valence-electron chi connectivity index (χ3n) is 6.48. The maximum Gasteiger partial charge on any atom is 0.166 e. The fourth-order valence-corrected chi connectivity index (χ4v) is 4.67. The molecule has 0 spiro atoms. The molecule has 2 aliphatic heterocycles. The minimum Gasteiger partial charge on any atom is -0.393 e. The third kappa shape index (κ3) is 4.06. The van der Waals surface area contributed by atoms with Crippen molar-refractivity contribution in [2.45, 2.75) is 51.9 Å². The van der Waals surface area contributed by atoms with E-state index in [9.17, 15) is 10.2 Å². The maximum absolute atomic E-state index is 10.3. The zero-order valence-electron chi connectivity index (χ0n) is 19.4. The number of aliphatic hydroxyl groups excluding tert-OH is 2. The van der Waals surface area contributed by atoms with Crippen LogP contribution in [0.15, 0.2) is 29.4 Å². The number of aliphatic hydroxyl groups is 2. The number of imidazole rings is 1. The van der Waals surface area contributed by atoms with E-state index in [0.29, 0.717) is 49.6 Å². The van der Waals surface area contributed by atoms with Gasteiger partial charge < -0.3 is 19.7 Å². The van der Waals surface area contributed by atoms with E-state index in [4.69, 9.17) is 15.0 Å². The second kappa shape index (κ2) is 8.72. The number of nitrogens with zero attached hydrogens (tertiary/aromatic N) is 7. The van der Waals surface area contributed by atoms with Crippen molar-refractivity contribution in [2.24, 2.45) is 5.10 Å². The van der Waals surface area contributed by atoms with Gasteiger partial charge in [-0.15, -0.1) is 0 Å². The fourth-order valence-electron chi connectivity index (χ4n) is 4.67. The molecule has 2 N–H and O–H groups in total. The highest BCUT2D eigenvalue weighted by Gasteiger charge is 2.26. The molecule has 5 rings (SSSR count). The Balaban J connectivity index is 1.66. The first-order valence-corrected chi connectivity index (χ1v) is 11.7. The smallest absolute Gasteiger partial charge is 0.166 e. The van der Waals surface area contributed by atoms with E-state index in [1.165, 1.54) is 0 Å². The molecule has 1 saturated heterocycles.